The van der Waals surface area contributed by atoms with E-state index in [0.29, 0.717) is 13.2 Å². The summed E-state index contributed by atoms with van der Waals surface area (Å²) in [6, 6.07) is 10.8. The number of tetrazole rings is 1. The fraction of sp³-hybridized carbons (Fsp3) is 0.455. The SMILES string of the molecule is COCCn1nnnc1C(c1ccncc1)N1CCN(c2cc(C)ccc2C)CC1. The molecule has 1 atom stereocenters. The van der Waals surface area contributed by atoms with Gasteiger partial charge < -0.3 is 9.64 Å². The van der Waals surface area contributed by atoms with E-state index in [-0.39, 0.29) is 6.04 Å². The van der Waals surface area contributed by atoms with Gasteiger partial charge in [0.25, 0.3) is 0 Å². The van der Waals surface area contributed by atoms with Crippen LogP contribution < -0.4 is 4.90 Å². The number of nitrogens with zero attached hydrogens (tertiary/aromatic N) is 7. The monoisotopic (exact) mass is 407 g/mol. The minimum atomic E-state index is -0.0133. The minimum Gasteiger partial charge on any atom is -0.383 e. The number of anilines is 1. The summed E-state index contributed by atoms with van der Waals surface area (Å²) in [6.45, 7) is 9.32. The van der Waals surface area contributed by atoms with E-state index in [4.69, 9.17) is 4.74 Å². The number of aromatic nitrogens is 5. The highest BCUT2D eigenvalue weighted by Crippen LogP contribution is 2.30. The lowest BCUT2D eigenvalue weighted by Gasteiger charge is -2.40. The molecule has 30 heavy (non-hydrogen) atoms. The van der Waals surface area contributed by atoms with Gasteiger partial charge in [0, 0.05) is 51.4 Å². The molecule has 0 radical (unpaired) electrons. The molecule has 0 aliphatic carbocycles. The first-order valence-electron chi connectivity index (χ1n) is 10.4. The molecule has 3 aromatic rings. The highest BCUT2D eigenvalue weighted by Gasteiger charge is 2.30. The van der Waals surface area contributed by atoms with Crippen LogP contribution in [0, 0.1) is 13.8 Å². The average molecular weight is 408 g/mol. The number of pyridine rings is 1. The van der Waals surface area contributed by atoms with Gasteiger partial charge in [-0.3, -0.25) is 9.88 Å². The van der Waals surface area contributed by atoms with Gasteiger partial charge in [0.1, 0.15) is 0 Å². The summed E-state index contributed by atoms with van der Waals surface area (Å²) >= 11 is 0. The number of ether oxygens (including phenoxy) is 1. The van der Waals surface area contributed by atoms with Crippen molar-refractivity contribution >= 4 is 5.69 Å². The molecule has 0 amide bonds. The second kappa shape index (κ2) is 9.32. The molecule has 1 aromatic carbocycles. The minimum absolute atomic E-state index is 0.0133. The van der Waals surface area contributed by atoms with Gasteiger partial charge in [-0.25, -0.2) is 4.68 Å². The van der Waals surface area contributed by atoms with Crippen molar-refractivity contribution in [2.75, 3.05) is 44.8 Å². The number of hydrogen-bond acceptors (Lipinski definition) is 7. The maximum atomic E-state index is 5.24. The van der Waals surface area contributed by atoms with Gasteiger partial charge in [-0.15, -0.1) is 5.10 Å². The quantitative estimate of drug-likeness (QED) is 0.595. The van der Waals surface area contributed by atoms with Crippen LogP contribution in [-0.2, 0) is 11.3 Å². The summed E-state index contributed by atoms with van der Waals surface area (Å²) in [4.78, 5) is 9.14. The number of piperazine rings is 1. The van der Waals surface area contributed by atoms with Crippen molar-refractivity contribution in [3.63, 3.8) is 0 Å². The Bertz CT molecular complexity index is 951. The second-order valence-corrected chi connectivity index (χ2v) is 7.75. The van der Waals surface area contributed by atoms with Crippen LogP contribution in [0.5, 0.6) is 0 Å². The highest BCUT2D eigenvalue weighted by molar-refractivity contribution is 5.55. The Morgan fingerprint density at radius 3 is 2.53 bits per heavy atom. The molecule has 0 bridgehead atoms. The first-order chi connectivity index (χ1) is 14.7. The average Bonchev–Trinajstić information content (AvgIpc) is 3.23. The van der Waals surface area contributed by atoms with Crippen LogP contribution in [0.25, 0.3) is 0 Å². The molecule has 1 fully saturated rings. The molecule has 0 saturated carbocycles. The Balaban J connectivity index is 1.57. The van der Waals surface area contributed by atoms with E-state index in [0.717, 1.165) is 37.6 Å². The topological polar surface area (TPSA) is 72.2 Å². The molecule has 0 N–H and O–H groups in total. The van der Waals surface area contributed by atoms with Gasteiger partial charge in [-0.2, -0.15) is 0 Å². The molecule has 4 rings (SSSR count). The molecule has 1 aliphatic heterocycles. The number of aryl methyl sites for hydroxylation is 2. The summed E-state index contributed by atoms with van der Waals surface area (Å²) in [5.74, 6) is 0.846. The van der Waals surface area contributed by atoms with Crippen molar-refractivity contribution in [2.24, 2.45) is 0 Å². The molecule has 8 nitrogen and oxygen atoms in total. The van der Waals surface area contributed by atoms with Crippen LogP contribution in [0.15, 0.2) is 42.7 Å². The van der Waals surface area contributed by atoms with Gasteiger partial charge in [-0.1, -0.05) is 12.1 Å². The van der Waals surface area contributed by atoms with Crippen molar-refractivity contribution in [3.05, 3.63) is 65.2 Å². The second-order valence-electron chi connectivity index (χ2n) is 7.75. The number of hydrogen-bond donors (Lipinski definition) is 0. The third-order valence-corrected chi connectivity index (χ3v) is 5.72. The molecule has 3 heterocycles. The van der Waals surface area contributed by atoms with Crippen LogP contribution in [0.2, 0.25) is 0 Å². The predicted molar refractivity (Wildman–Crippen MR) is 115 cm³/mol. The van der Waals surface area contributed by atoms with E-state index in [9.17, 15) is 0 Å². The third kappa shape index (κ3) is 4.34. The maximum absolute atomic E-state index is 5.24. The lowest BCUT2D eigenvalue weighted by Crippen LogP contribution is -2.48. The highest BCUT2D eigenvalue weighted by atomic mass is 16.5. The molecule has 158 valence electrons. The number of methoxy groups -OCH3 is 1. The molecule has 1 unspecified atom stereocenters. The van der Waals surface area contributed by atoms with E-state index in [1.54, 1.807) is 7.11 Å². The number of benzene rings is 1. The normalized spacial score (nSPS) is 16.0. The van der Waals surface area contributed by atoms with Crippen LogP contribution in [0.3, 0.4) is 0 Å². The Morgan fingerprint density at radius 1 is 1.03 bits per heavy atom. The molecule has 1 aliphatic rings. The van der Waals surface area contributed by atoms with Gasteiger partial charge in [0.2, 0.25) is 0 Å². The van der Waals surface area contributed by atoms with Crippen molar-refractivity contribution in [1.82, 2.24) is 30.1 Å². The summed E-state index contributed by atoms with van der Waals surface area (Å²) in [5.41, 5.74) is 5.10. The number of rotatable bonds is 7. The summed E-state index contributed by atoms with van der Waals surface area (Å²) < 4.78 is 7.09. The van der Waals surface area contributed by atoms with Crippen LogP contribution >= 0.6 is 0 Å². The fourth-order valence-corrected chi connectivity index (χ4v) is 4.09. The van der Waals surface area contributed by atoms with Crippen LogP contribution in [-0.4, -0.2) is 70.0 Å². The summed E-state index contributed by atoms with van der Waals surface area (Å²) in [6.07, 6.45) is 3.66. The Hall–Kier alpha value is -2.84. The molecule has 1 saturated heterocycles. The largest absolute Gasteiger partial charge is 0.383 e. The van der Waals surface area contributed by atoms with Crippen LogP contribution in [0.4, 0.5) is 5.69 Å². The van der Waals surface area contributed by atoms with E-state index >= 15 is 0 Å². The molecular formula is C22H29N7O. The van der Waals surface area contributed by atoms with E-state index < -0.39 is 0 Å². The van der Waals surface area contributed by atoms with Gasteiger partial charge in [-0.05, 0) is 59.2 Å². The molecular weight excluding hydrogens is 378 g/mol. The molecule has 2 aromatic heterocycles. The van der Waals surface area contributed by atoms with Gasteiger partial charge in [0.05, 0.1) is 19.2 Å². The maximum Gasteiger partial charge on any atom is 0.173 e. The van der Waals surface area contributed by atoms with E-state index in [1.807, 2.05) is 17.1 Å². The standard InChI is InChI=1S/C22H29N7O/c1-17-4-5-18(2)20(16-17)27-10-12-28(13-11-27)21(19-6-8-23-9-7-19)22-24-25-26-29(22)14-15-30-3/h4-9,16,21H,10-15H2,1-3H3. The zero-order chi connectivity index (χ0) is 20.9. The molecule has 8 heteroatoms. The van der Waals surface area contributed by atoms with E-state index in [2.05, 4.69) is 74.5 Å². The zero-order valence-corrected chi connectivity index (χ0v) is 17.9. The molecule has 0 spiro atoms. The fourth-order valence-electron chi connectivity index (χ4n) is 4.09. The zero-order valence-electron chi connectivity index (χ0n) is 17.9. The lowest BCUT2D eigenvalue weighted by atomic mass is 10.0. The Labute approximate surface area is 177 Å². The van der Waals surface area contributed by atoms with Crippen molar-refractivity contribution in [2.45, 2.75) is 26.4 Å². The van der Waals surface area contributed by atoms with E-state index in [1.165, 1.54) is 16.8 Å². The van der Waals surface area contributed by atoms with Crippen molar-refractivity contribution in [1.29, 1.82) is 0 Å². The Morgan fingerprint density at radius 2 is 1.80 bits per heavy atom. The van der Waals surface area contributed by atoms with Crippen molar-refractivity contribution in [3.8, 4) is 0 Å². The summed E-state index contributed by atoms with van der Waals surface area (Å²) in [5, 5.41) is 12.6. The van der Waals surface area contributed by atoms with Gasteiger partial charge >= 0.3 is 0 Å². The van der Waals surface area contributed by atoms with Gasteiger partial charge in [0.15, 0.2) is 5.82 Å². The lowest BCUT2D eigenvalue weighted by molar-refractivity contribution is 0.171. The third-order valence-electron chi connectivity index (χ3n) is 5.72. The van der Waals surface area contributed by atoms with Crippen LogP contribution in [0.1, 0.15) is 28.6 Å². The predicted octanol–water partition coefficient (Wildman–Crippen LogP) is 2.24. The first-order valence-corrected chi connectivity index (χ1v) is 10.4. The summed E-state index contributed by atoms with van der Waals surface area (Å²) in [7, 11) is 1.69. The first kappa shape index (κ1) is 20.4. The smallest absolute Gasteiger partial charge is 0.173 e. The van der Waals surface area contributed by atoms with Crippen molar-refractivity contribution < 1.29 is 4.74 Å². The Kier molecular flexibility index (Phi) is 6.35.